The van der Waals surface area contributed by atoms with Gasteiger partial charge in [0.15, 0.2) is 5.78 Å². The van der Waals surface area contributed by atoms with Crippen molar-refractivity contribution < 1.29 is 59.5 Å². The maximum absolute atomic E-state index is 15.1. The molecule has 3 saturated heterocycles. The van der Waals surface area contributed by atoms with Gasteiger partial charge in [0, 0.05) is 74.4 Å². The Hall–Kier alpha value is -2.78. The van der Waals surface area contributed by atoms with Crippen LogP contribution in [0.5, 0.6) is 0 Å². The molecule has 1 aromatic rings. The van der Waals surface area contributed by atoms with Crippen molar-refractivity contribution in [2.24, 2.45) is 45.3 Å². The van der Waals surface area contributed by atoms with E-state index in [9.17, 15) is 40.5 Å². The number of nitrogens with zero attached hydrogens (tertiary/aromatic N) is 1. The number of aliphatic hydroxyl groups excluding tert-OH is 3. The van der Waals surface area contributed by atoms with Crippen LogP contribution in [0.4, 0.5) is 0 Å². The van der Waals surface area contributed by atoms with Crippen LogP contribution in [0.15, 0.2) is 35.9 Å². The van der Waals surface area contributed by atoms with Crippen LogP contribution in [0.1, 0.15) is 115 Å². The lowest BCUT2D eigenvalue weighted by atomic mass is 9.39. The van der Waals surface area contributed by atoms with Crippen LogP contribution in [0, 0.1) is 57.2 Å². The van der Waals surface area contributed by atoms with Crippen LogP contribution in [-0.4, -0.2) is 139 Å². The van der Waals surface area contributed by atoms with Crippen molar-refractivity contribution in [2.75, 3.05) is 33.5 Å². The first-order chi connectivity index (χ1) is 30.9. The molecule has 0 aromatic heterocycles. The summed E-state index contributed by atoms with van der Waals surface area (Å²) in [7, 11) is 1.66. The fourth-order valence-electron chi connectivity index (χ4n) is 16.0. The predicted octanol–water partition coefficient (Wildman–Crippen LogP) is 2.43. The number of nitrogens with one attached hydrogen (secondary N) is 1. The summed E-state index contributed by atoms with van der Waals surface area (Å²) < 4.78 is 18.1. The summed E-state index contributed by atoms with van der Waals surface area (Å²) in [6.07, 6.45) is 3.22. The number of benzene rings is 1. The van der Waals surface area contributed by atoms with Crippen LogP contribution in [0.3, 0.4) is 0 Å². The largest absolute Gasteiger partial charge is 0.396 e. The number of methoxy groups -OCH3 is 1. The zero-order chi connectivity index (χ0) is 46.1. The number of ketones is 1. The molecular formula is C51H70N2O12. The van der Waals surface area contributed by atoms with E-state index in [-0.39, 0.29) is 49.2 Å². The summed E-state index contributed by atoms with van der Waals surface area (Å²) in [5.41, 5.74) is -5.39. The molecule has 0 radical (unpaired) electrons. The van der Waals surface area contributed by atoms with Gasteiger partial charge in [0.05, 0.1) is 35.8 Å². The molecular weight excluding hydrogens is 833 g/mol. The zero-order valence-corrected chi connectivity index (χ0v) is 38.4. The van der Waals surface area contributed by atoms with E-state index in [1.807, 2.05) is 31.2 Å². The predicted molar refractivity (Wildman–Crippen MR) is 235 cm³/mol. The molecule has 14 nitrogen and oxygen atoms in total. The first-order valence-electron chi connectivity index (χ1n) is 24.3. The highest BCUT2D eigenvalue weighted by atomic mass is 16.6. The molecule has 5 heterocycles. The topological polar surface area (TPSA) is 218 Å². The minimum atomic E-state index is -3.02. The standard InChI is InChI=1S/C51H70N2O12/c1-45-15-12-33(64-21-7-20-63-4)23-35(45)36(56)24-38-49(45)14-6-10-32-26-53(32)44(58)41-48(16-11-31(25-48)30-9-5-8-29(22-30)27-54)39-34(28-55)42(65-40(39)43(57)52-41)51(61,62)47(3,59)37-13-17-50(38,60)46(37,2)18-19-49/h5,8-9,22,24,31-35,37,39-43,52,54-55,57,59-62H,7,10-13,15-21,23,25-28H2,1-4H3/t31-,32+,33+,34-,35+,37+,39-,40+,41+,42+,43-,45+,46-,47+,48+,49+,50-,53?/m1/s1. The number of piperidine rings is 1. The van der Waals surface area contributed by atoms with E-state index in [0.29, 0.717) is 83.1 Å². The van der Waals surface area contributed by atoms with E-state index in [1.54, 1.807) is 18.1 Å². The second kappa shape index (κ2) is 15.9. The molecule has 1 aromatic carbocycles. The highest BCUT2D eigenvalue weighted by Gasteiger charge is 2.77. The lowest BCUT2D eigenvalue weighted by Gasteiger charge is -2.64. The smallest absolute Gasteiger partial charge is 0.240 e. The van der Waals surface area contributed by atoms with Crippen molar-refractivity contribution in [1.82, 2.24) is 10.2 Å². The summed E-state index contributed by atoms with van der Waals surface area (Å²) >= 11 is 0. The highest BCUT2D eigenvalue weighted by Crippen LogP contribution is 2.74. The Labute approximate surface area is 382 Å². The molecule has 7 bridgehead atoms. The molecule has 7 fully saturated rings. The van der Waals surface area contributed by atoms with Gasteiger partial charge in [-0.05, 0) is 112 Å². The molecule has 10 aliphatic rings. The molecule has 0 unspecified atom stereocenters. The Morgan fingerprint density at radius 1 is 0.969 bits per heavy atom. The molecule has 65 heavy (non-hydrogen) atoms. The lowest BCUT2D eigenvalue weighted by molar-refractivity contribution is -0.345. The van der Waals surface area contributed by atoms with E-state index >= 15 is 4.79 Å². The van der Waals surface area contributed by atoms with E-state index < -0.39 is 93.4 Å². The van der Waals surface area contributed by atoms with Gasteiger partial charge in [-0.1, -0.05) is 44.0 Å². The number of aliphatic hydroxyl groups is 7. The Kier molecular flexibility index (Phi) is 11.2. The summed E-state index contributed by atoms with van der Waals surface area (Å²) in [6.45, 7) is 6.27. The number of carbonyl (C=O) groups excluding carboxylic acids is 2. The maximum Gasteiger partial charge on any atom is 0.240 e. The molecule has 11 rings (SSSR count). The third-order valence-corrected chi connectivity index (χ3v) is 19.6. The fourth-order valence-corrected chi connectivity index (χ4v) is 16.0. The molecule has 356 valence electrons. The second-order valence-corrected chi connectivity index (χ2v) is 22.4. The van der Waals surface area contributed by atoms with Gasteiger partial charge in [-0.15, -0.1) is 5.92 Å². The summed E-state index contributed by atoms with van der Waals surface area (Å²) in [5, 5.41) is 88.5. The molecule has 8 N–H and O–H groups in total. The molecule has 5 aliphatic heterocycles. The van der Waals surface area contributed by atoms with Gasteiger partial charge in [-0.3, -0.25) is 14.9 Å². The molecule has 1 amide bonds. The Bertz CT molecular complexity index is 2170. The number of hydrogen-bond donors (Lipinski definition) is 8. The van der Waals surface area contributed by atoms with Crippen LogP contribution >= 0.6 is 0 Å². The minimum absolute atomic E-state index is 0.0456. The van der Waals surface area contributed by atoms with Crippen molar-refractivity contribution >= 4 is 11.7 Å². The Balaban J connectivity index is 1.08. The summed E-state index contributed by atoms with van der Waals surface area (Å²) in [6, 6.07) is 6.63. The lowest BCUT2D eigenvalue weighted by Crippen LogP contribution is -2.70. The molecule has 17 atom stereocenters. The number of hydrogen-bond acceptors (Lipinski definition) is 13. The number of rotatable bonds is 8. The summed E-state index contributed by atoms with van der Waals surface area (Å²) in [4.78, 5) is 31.4. The number of fused-ring (bicyclic) bond motifs is 4. The van der Waals surface area contributed by atoms with Crippen LogP contribution < -0.4 is 5.32 Å². The average molecular weight is 903 g/mol. The Morgan fingerprint density at radius 3 is 2.52 bits per heavy atom. The van der Waals surface area contributed by atoms with Gasteiger partial charge < -0.3 is 54.9 Å². The van der Waals surface area contributed by atoms with Gasteiger partial charge in [-0.25, -0.2) is 0 Å². The highest BCUT2D eigenvalue weighted by molar-refractivity contribution is 5.96. The first-order valence-corrected chi connectivity index (χ1v) is 24.3. The van der Waals surface area contributed by atoms with E-state index in [4.69, 9.17) is 14.2 Å². The SMILES string of the molecule is COCCCO[C@H]1CC[C@@]2(C)[C@@H](C1)C(=O)C=C1[C@]3(O)CC[C@@H]4[C@](C)(O)C(O)(O)[C@H]5O[C@H]6[C@@H]([C@H]5CO)[C@@]5(CC[C@@H](c7cccc(CO)c7)C5)[C@@H](N[C@@H]6O)C(=O)N5C[C@@H]5CC#C[C@]12CC[C@]43C. The van der Waals surface area contributed by atoms with E-state index in [0.717, 1.165) is 17.5 Å². The van der Waals surface area contributed by atoms with Crippen molar-refractivity contribution in [1.29, 1.82) is 0 Å². The number of allylic oxidation sites excluding steroid dienone is 1. The van der Waals surface area contributed by atoms with Gasteiger partial charge in [0.1, 0.15) is 24.0 Å². The molecule has 14 heteroatoms. The third kappa shape index (κ3) is 6.40. The second-order valence-electron chi connectivity index (χ2n) is 22.4. The van der Waals surface area contributed by atoms with Gasteiger partial charge >= 0.3 is 0 Å². The molecule has 4 saturated carbocycles. The van der Waals surface area contributed by atoms with Crippen LogP contribution in [0.2, 0.25) is 0 Å². The average Bonchev–Trinajstić information content (AvgIpc) is 3.57. The van der Waals surface area contributed by atoms with Gasteiger partial charge in [0.2, 0.25) is 11.7 Å². The molecule has 2 spiro atoms. The molecule has 5 aliphatic carbocycles. The fraction of sp³-hybridized carbons (Fsp3) is 0.765. The zero-order valence-electron chi connectivity index (χ0n) is 38.4. The van der Waals surface area contributed by atoms with E-state index in [2.05, 4.69) is 24.1 Å². The van der Waals surface area contributed by atoms with Crippen molar-refractivity contribution in [3.05, 3.63) is 47.0 Å². The third-order valence-electron chi connectivity index (χ3n) is 19.6. The van der Waals surface area contributed by atoms with Gasteiger partial charge in [0.25, 0.3) is 0 Å². The van der Waals surface area contributed by atoms with Crippen LogP contribution in [0.25, 0.3) is 0 Å². The van der Waals surface area contributed by atoms with Crippen molar-refractivity contribution in [3.8, 4) is 11.8 Å². The van der Waals surface area contributed by atoms with Crippen molar-refractivity contribution in [2.45, 2.75) is 164 Å². The van der Waals surface area contributed by atoms with Crippen LogP contribution in [-0.2, 0) is 30.4 Å². The minimum Gasteiger partial charge on any atom is -0.396 e. The number of carbonyl (C=O) groups is 2. The normalized spacial score (nSPS) is 48.3. The number of ether oxygens (including phenoxy) is 3. The number of amides is 1. The quantitative estimate of drug-likeness (QED) is 0.0816. The first kappa shape index (κ1) is 46.0. The Morgan fingerprint density at radius 2 is 1.77 bits per heavy atom. The monoisotopic (exact) mass is 902 g/mol. The van der Waals surface area contributed by atoms with Gasteiger partial charge in [-0.2, -0.15) is 0 Å². The van der Waals surface area contributed by atoms with E-state index in [1.165, 1.54) is 6.92 Å². The van der Waals surface area contributed by atoms with Crippen molar-refractivity contribution in [3.63, 3.8) is 0 Å². The maximum atomic E-state index is 15.1. The summed E-state index contributed by atoms with van der Waals surface area (Å²) in [5.74, 6) is 0.835.